The van der Waals surface area contributed by atoms with Crippen molar-refractivity contribution in [2.45, 2.75) is 51.9 Å². The monoisotopic (exact) mass is 404 g/mol. The minimum absolute atomic E-state index is 0.0270. The number of anilines is 1. The van der Waals surface area contributed by atoms with Gasteiger partial charge in [0.25, 0.3) is 5.91 Å². The largest absolute Gasteiger partial charge is 0.444 e. The number of rotatable bonds is 3. The van der Waals surface area contributed by atoms with Crippen molar-refractivity contribution >= 4 is 28.9 Å². The van der Waals surface area contributed by atoms with E-state index in [0.717, 1.165) is 0 Å². The molecule has 29 heavy (non-hydrogen) atoms. The summed E-state index contributed by atoms with van der Waals surface area (Å²) in [5.41, 5.74) is 6.28. The number of aromatic nitrogens is 3. The number of halogens is 1. The summed E-state index contributed by atoms with van der Waals surface area (Å²) in [5, 5.41) is 3.14. The lowest BCUT2D eigenvalue weighted by Crippen LogP contribution is -2.51. The molecule has 10 heteroatoms. The van der Waals surface area contributed by atoms with E-state index >= 15 is 0 Å². The van der Waals surface area contributed by atoms with E-state index in [0.29, 0.717) is 22.5 Å². The summed E-state index contributed by atoms with van der Waals surface area (Å²) in [6.45, 7) is 7.22. The number of pyridine rings is 1. The summed E-state index contributed by atoms with van der Waals surface area (Å²) in [5.74, 6) is -0.271. The summed E-state index contributed by atoms with van der Waals surface area (Å²) in [7, 11) is 0. The first-order valence-corrected chi connectivity index (χ1v) is 9.34. The quantitative estimate of drug-likeness (QED) is 0.804. The first-order valence-electron chi connectivity index (χ1n) is 9.34. The molecule has 2 atom stereocenters. The number of alkyl halides is 1. The fraction of sp³-hybridized carbons (Fsp3) is 0.526. The van der Waals surface area contributed by atoms with Crippen LogP contribution in [0, 0.1) is 6.92 Å². The first-order chi connectivity index (χ1) is 13.5. The number of aryl methyl sites for hydroxylation is 1. The minimum Gasteiger partial charge on any atom is -0.444 e. The second kappa shape index (κ2) is 7.76. The summed E-state index contributed by atoms with van der Waals surface area (Å²) >= 11 is 0. The van der Waals surface area contributed by atoms with E-state index in [4.69, 9.17) is 10.5 Å². The lowest BCUT2D eigenvalue weighted by atomic mass is 10.0. The van der Waals surface area contributed by atoms with Gasteiger partial charge in [-0.05, 0) is 33.8 Å². The van der Waals surface area contributed by atoms with E-state index in [9.17, 15) is 14.0 Å². The van der Waals surface area contributed by atoms with Crippen LogP contribution in [-0.2, 0) is 4.74 Å². The molecule has 0 bridgehead atoms. The molecule has 2 aromatic rings. The second-order valence-corrected chi connectivity index (χ2v) is 8.15. The zero-order valence-corrected chi connectivity index (χ0v) is 16.9. The average molecular weight is 404 g/mol. The molecule has 0 saturated carbocycles. The predicted molar refractivity (Wildman–Crippen MR) is 105 cm³/mol. The Kier molecular flexibility index (Phi) is 5.54. The van der Waals surface area contributed by atoms with Gasteiger partial charge in [-0.15, -0.1) is 0 Å². The van der Waals surface area contributed by atoms with Gasteiger partial charge in [-0.3, -0.25) is 4.79 Å². The molecule has 9 nitrogen and oxygen atoms in total. The summed E-state index contributed by atoms with van der Waals surface area (Å²) in [6, 6.07) is 1.15. The van der Waals surface area contributed by atoms with Crippen LogP contribution < -0.4 is 11.1 Å². The van der Waals surface area contributed by atoms with Gasteiger partial charge in [0.15, 0.2) is 5.82 Å². The molecule has 3 N–H and O–H groups in total. The maximum Gasteiger partial charge on any atom is 0.410 e. The molecular weight excluding hydrogens is 379 g/mol. The number of likely N-dealkylation sites (tertiary alicyclic amines) is 1. The molecule has 3 heterocycles. The third-order valence-electron chi connectivity index (χ3n) is 4.38. The Hall–Kier alpha value is -3.04. The zero-order valence-electron chi connectivity index (χ0n) is 16.9. The fourth-order valence-electron chi connectivity index (χ4n) is 3.27. The molecule has 0 aromatic carbocycles. The minimum atomic E-state index is -1.21. The number of carbonyl (C=O) groups is 2. The van der Waals surface area contributed by atoms with E-state index in [1.807, 2.05) is 0 Å². The second-order valence-electron chi connectivity index (χ2n) is 8.15. The fourth-order valence-corrected chi connectivity index (χ4v) is 3.27. The Labute approximate surface area is 167 Å². The van der Waals surface area contributed by atoms with Gasteiger partial charge in [-0.2, -0.15) is 0 Å². The van der Waals surface area contributed by atoms with Gasteiger partial charge in [-0.25, -0.2) is 24.1 Å². The highest BCUT2D eigenvalue weighted by Crippen LogP contribution is 2.25. The Morgan fingerprint density at radius 2 is 2.00 bits per heavy atom. The van der Waals surface area contributed by atoms with Crippen LogP contribution in [0.15, 0.2) is 12.4 Å². The molecule has 2 amide bonds. The molecule has 1 saturated heterocycles. The number of fused-ring (bicyclic) bond motifs is 1. The smallest absolute Gasteiger partial charge is 0.410 e. The highest BCUT2D eigenvalue weighted by Gasteiger charge is 2.33. The standard InChI is InChI=1S/C19H25FN6O3/c1-10-5-13(16(21)27)14-15(24-10)17(23-9-22-14)25-12-6-11(20)7-26(8-12)18(28)29-19(2,3)4/h5,9,11-12H,6-8H2,1-4H3,(H2,21,27)(H,22,23,25). The van der Waals surface area contributed by atoms with E-state index in [2.05, 4.69) is 20.3 Å². The molecular formula is C19H25FN6O3. The first kappa shape index (κ1) is 20.7. The Balaban J connectivity index is 1.86. The van der Waals surface area contributed by atoms with Crippen LogP contribution in [0.5, 0.6) is 0 Å². The lowest BCUT2D eigenvalue weighted by molar-refractivity contribution is 0.0124. The highest BCUT2D eigenvalue weighted by atomic mass is 19.1. The number of piperidine rings is 1. The number of nitrogens with zero attached hydrogens (tertiary/aromatic N) is 4. The predicted octanol–water partition coefficient (Wildman–Crippen LogP) is 2.19. The maximum atomic E-state index is 14.3. The molecule has 2 unspecified atom stereocenters. The number of ether oxygens (including phenoxy) is 1. The highest BCUT2D eigenvalue weighted by molar-refractivity contribution is 6.05. The van der Waals surface area contributed by atoms with Crippen molar-refractivity contribution in [3.63, 3.8) is 0 Å². The van der Waals surface area contributed by atoms with Crippen LogP contribution in [0.1, 0.15) is 43.2 Å². The number of nitrogens with two attached hydrogens (primary N) is 1. The summed E-state index contributed by atoms with van der Waals surface area (Å²) in [4.78, 5) is 38.2. The third kappa shape index (κ3) is 4.87. The lowest BCUT2D eigenvalue weighted by Gasteiger charge is -2.36. The normalized spacial score (nSPS) is 19.8. The van der Waals surface area contributed by atoms with Gasteiger partial charge in [-0.1, -0.05) is 0 Å². The van der Waals surface area contributed by atoms with E-state index in [-0.39, 0.29) is 25.1 Å². The van der Waals surface area contributed by atoms with Crippen molar-refractivity contribution in [1.29, 1.82) is 0 Å². The number of hydrogen-bond donors (Lipinski definition) is 2. The van der Waals surface area contributed by atoms with E-state index in [1.165, 1.54) is 11.2 Å². The van der Waals surface area contributed by atoms with Crippen molar-refractivity contribution in [2.75, 3.05) is 18.4 Å². The third-order valence-corrected chi connectivity index (χ3v) is 4.38. The molecule has 1 aliphatic rings. The van der Waals surface area contributed by atoms with Crippen molar-refractivity contribution < 1.29 is 18.7 Å². The zero-order chi connectivity index (χ0) is 21.3. The molecule has 0 aliphatic carbocycles. The van der Waals surface area contributed by atoms with E-state index in [1.54, 1.807) is 33.8 Å². The molecule has 3 rings (SSSR count). The Morgan fingerprint density at radius 3 is 2.66 bits per heavy atom. The molecule has 156 valence electrons. The van der Waals surface area contributed by atoms with Crippen LogP contribution in [0.4, 0.5) is 15.0 Å². The topological polar surface area (TPSA) is 123 Å². The Morgan fingerprint density at radius 1 is 1.28 bits per heavy atom. The number of nitrogens with one attached hydrogen (secondary N) is 1. The summed E-state index contributed by atoms with van der Waals surface area (Å²) < 4.78 is 19.7. The van der Waals surface area contributed by atoms with Gasteiger partial charge in [0.2, 0.25) is 0 Å². The molecule has 1 aliphatic heterocycles. The van der Waals surface area contributed by atoms with Gasteiger partial charge >= 0.3 is 6.09 Å². The average Bonchev–Trinajstić information content (AvgIpc) is 2.59. The van der Waals surface area contributed by atoms with Crippen molar-refractivity contribution in [1.82, 2.24) is 19.9 Å². The van der Waals surface area contributed by atoms with Crippen LogP contribution in [0.25, 0.3) is 11.0 Å². The van der Waals surface area contributed by atoms with Crippen LogP contribution in [0.3, 0.4) is 0 Å². The van der Waals surface area contributed by atoms with Crippen LogP contribution in [-0.4, -0.2) is 62.8 Å². The SMILES string of the molecule is Cc1cc(C(N)=O)c2ncnc(NC3CC(F)CN(C(=O)OC(C)(C)C)C3)c2n1. The van der Waals surface area contributed by atoms with E-state index < -0.39 is 29.8 Å². The van der Waals surface area contributed by atoms with Gasteiger partial charge in [0, 0.05) is 24.7 Å². The molecule has 2 aromatic heterocycles. The number of carbonyl (C=O) groups excluding carboxylic acids is 2. The Bertz CT molecular complexity index is 945. The van der Waals surface area contributed by atoms with Crippen molar-refractivity contribution in [2.24, 2.45) is 5.73 Å². The number of amides is 2. The van der Waals surface area contributed by atoms with Gasteiger partial charge < -0.3 is 20.7 Å². The van der Waals surface area contributed by atoms with Crippen LogP contribution in [0.2, 0.25) is 0 Å². The van der Waals surface area contributed by atoms with Gasteiger partial charge in [0.05, 0.1) is 12.1 Å². The number of primary amides is 1. The van der Waals surface area contributed by atoms with Crippen molar-refractivity contribution in [3.8, 4) is 0 Å². The molecule has 1 fully saturated rings. The van der Waals surface area contributed by atoms with Crippen molar-refractivity contribution in [3.05, 3.63) is 23.7 Å². The molecule has 0 radical (unpaired) electrons. The summed E-state index contributed by atoms with van der Waals surface area (Å²) in [6.07, 6.45) is -0.295. The van der Waals surface area contributed by atoms with Crippen LogP contribution >= 0.6 is 0 Å². The molecule has 0 spiro atoms. The number of hydrogen-bond acceptors (Lipinski definition) is 7. The van der Waals surface area contributed by atoms with Gasteiger partial charge in [0.1, 0.15) is 29.1 Å². The maximum absolute atomic E-state index is 14.3.